The lowest BCUT2D eigenvalue weighted by Crippen LogP contribution is -2.44. The summed E-state index contributed by atoms with van der Waals surface area (Å²) in [7, 11) is 1.71. The zero-order valence-electron chi connectivity index (χ0n) is 9.74. The number of methoxy groups -OCH3 is 1. The van der Waals surface area contributed by atoms with Crippen molar-refractivity contribution in [3.63, 3.8) is 0 Å². The van der Waals surface area contributed by atoms with Gasteiger partial charge in [-0.25, -0.2) is 4.39 Å². The highest BCUT2D eigenvalue weighted by molar-refractivity contribution is 5.37. The Morgan fingerprint density at radius 3 is 2.94 bits per heavy atom. The molecule has 0 atom stereocenters. The minimum absolute atomic E-state index is 0.302. The Balaban J connectivity index is 1.91. The summed E-state index contributed by atoms with van der Waals surface area (Å²) < 4.78 is 18.2. The van der Waals surface area contributed by atoms with E-state index in [1.165, 1.54) is 18.2 Å². The first kappa shape index (κ1) is 12.0. The molecule has 1 fully saturated rings. The molecule has 17 heavy (non-hydrogen) atoms. The van der Waals surface area contributed by atoms with Gasteiger partial charge >= 0.3 is 0 Å². The predicted octanol–water partition coefficient (Wildman–Crippen LogP) is 1.96. The molecule has 90 valence electrons. The molecule has 4 heteroatoms. The molecule has 1 aromatic rings. The van der Waals surface area contributed by atoms with Gasteiger partial charge < -0.3 is 10.1 Å². The van der Waals surface area contributed by atoms with E-state index in [1.807, 2.05) is 0 Å². The number of nitrogens with one attached hydrogen (secondary N) is 1. The van der Waals surface area contributed by atoms with Crippen molar-refractivity contribution in [1.82, 2.24) is 5.32 Å². The Kier molecular flexibility index (Phi) is 3.72. The van der Waals surface area contributed by atoms with Crippen LogP contribution in [0.2, 0.25) is 0 Å². The van der Waals surface area contributed by atoms with E-state index < -0.39 is 0 Å². The van der Waals surface area contributed by atoms with Gasteiger partial charge in [0.05, 0.1) is 17.7 Å². The second-order valence-electron chi connectivity index (χ2n) is 4.32. The molecule has 0 unspecified atom stereocenters. The first-order valence-electron chi connectivity index (χ1n) is 5.67. The van der Waals surface area contributed by atoms with Crippen LogP contribution in [0.15, 0.2) is 18.2 Å². The van der Waals surface area contributed by atoms with E-state index >= 15 is 0 Å². The molecule has 1 aliphatic rings. The van der Waals surface area contributed by atoms with Crippen LogP contribution >= 0.6 is 0 Å². The molecule has 1 N–H and O–H groups in total. The lowest BCUT2D eigenvalue weighted by molar-refractivity contribution is 0.0170. The van der Waals surface area contributed by atoms with Crippen LogP contribution in [0.5, 0.6) is 0 Å². The Morgan fingerprint density at radius 1 is 1.53 bits per heavy atom. The number of benzene rings is 1. The molecule has 0 heterocycles. The minimum atomic E-state index is -0.302. The molecule has 1 saturated carbocycles. The quantitative estimate of drug-likeness (QED) is 0.866. The van der Waals surface area contributed by atoms with Crippen molar-refractivity contribution >= 4 is 0 Å². The summed E-state index contributed by atoms with van der Waals surface area (Å²) in [6, 6.07) is 6.73. The maximum Gasteiger partial charge on any atom is 0.123 e. The van der Waals surface area contributed by atoms with Crippen molar-refractivity contribution in [3.05, 3.63) is 35.1 Å². The van der Waals surface area contributed by atoms with Gasteiger partial charge in [-0.2, -0.15) is 5.26 Å². The van der Waals surface area contributed by atoms with E-state index in [0.29, 0.717) is 29.8 Å². The van der Waals surface area contributed by atoms with Crippen LogP contribution in [0.3, 0.4) is 0 Å². The fourth-order valence-electron chi connectivity index (χ4n) is 2.00. The highest BCUT2D eigenvalue weighted by Gasteiger charge is 2.28. The van der Waals surface area contributed by atoms with Crippen molar-refractivity contribution in [1.29, 1.82) is 5.26 Å². The lowest BCUT2D eigenvalue weighted by Gasteiger charge is -2.34. The Labute approximate surface area is 100 Å². The van der Waals surface area contributed by atoms with E-state index in [1.54, 1.807) is 7.11 Å². The number of nitrogens with zero attached hydrogens (tertiary/aromatic N) is 1. The van der Waals surface area contributed by atoms with Gasteiger partial charge in [-0.3, -0.25) is 0 Å². The van der Waals surface area contributed by atoms with Crippen LogP contribution in [0.4, 0.5) is 4.39 Å². The van der Waals surface area contributed by atoms with Crippen LogP contribution < -0.4 is 5.32 Å². The van der Waals surface area contributed by atoms with Crippen molar-refractivity contribution in [2.45, 2.75) is 31.5 Å². The standard InChI is InChI=1S/C13H15FN2O/c1-17-13-5-12(6-13)16-8-10-4-11(14)3-2-9(10)7-15/h2-4,12-13,16H,5-6,8H2,1H3. The maximum atomic E-state index is 13.1. The third-order valence-electron chi connectivity index (χ3n) is 3.20. The van der Waals surface area contributed by atoms with E-state index in [2.05, 4.69) is 11.4 Å². The summed E-state index contributed by atoms with van der Waals surface area (Å²) in [6.07, 6.45) is 2.30. The molecule has 1 aromatic carbocycles. The van der Waals surface area contributed by atoms with Gasteiger partial charge in [0.25, 0.3) is 0 Å². The molecule has 3 nitrogen and oxygen atoms in total. The average Bonchev–Trinajstić information content (AvgIpc) is 2.27. The van der Waals surface area contributed by atoms with Crippen LogP contribution in [0.1, 0.15) is 24.0 Å². The number of hydrogen-bond donors (Lipinski definition) is 1. The third kappa shape index (κ3) is 2.82. The molecule has 0 aromatic heterocycles. The number of hydrogen-bond acceptors (Lipinski definition) is 3. The van der Waals surface area contributed by atoms with Gasteiger partial charge in [0.15, 0.2) is 0 Å². The summed E-state index contributed by atoms with van der Waals surface area (Å²) >= 11 is 0. The summed E-state index contributed by atoms with van der Waals surface area (Å²) in [5.74, 6) is -0.302. The second-order valence-corrected chi connectivity index (χ2v) is 4.32. The molecule has 0 aliphatic heterocycles. The summed E-state index contributed by atoms with van der Waals surface area (Å²) in [4.78, 5) is 0. The second kappa shape index (κ2) is 5.26. The first-order valence-corrected chi connectivity index (χ1v) is 5.67. The number of nitriles is 1. The zero-order chi connectivity index (χ0) is 12.3. The van der Waals surface area contributed by atoms with Crippen molar-refractivity contribution in [2.75, 3.05) is 7.11 Å². The van der Waals surface area contributed by atoms with Gasteiger partial charge in [-0.15, -0.1) is 0 Å². The van der Waals surface area contributed by atoms with E-state index in [0.717, 1.165) is 12.8 Å². The largest absolute Gasteiger partial charge is 0.381 e. The topological polar surface area (TPSA) is 45.0 Å². The Hall–Kier alpha value is -1.44. The summed E-state index contributed by atoms with van der Waals surface area (Å²) in [5.41, 5.74) is 1.25. The molecule has 0 radical (unpaired) electrons. The van der Waals surface area contributed by atoms with Crippen LogP contribution in [-0.2, 0) is 11.3 Å². The van der Waals surface area contributed by atoms with E-state index in [4.69, 9.17) is 10.00 Å². The van der Waals surface area contributed by atoms with Gasteiger partial charge in [-0.05, 0) is 36.6 Å². The van der Waals surface area contributed by atoms with E-state index in [-0.39, 0.29) is 5.82 Å². The zero-order valence-corrected chi connectivity index (χ0v) is 9.74. The SMILES string of the molecule is COC1CC(NCc2cc(F)ccc2C#N)C1. The van der Waals surface area contributed by atoms with Crippen molar-refractivity contribution in [3.8, 4) is 6.07 Å². The predicted molar refractivity (Wildman–Crippen MR) is 61.8 cm³/mol. The molecule has 0 spiro atoms. The summed E-state index contributed by atoms with van der Waals surface area (Å²) in [5, 5.41) is 12.2. The van der Waals surface area contributed by atoms with Crippen LogP contribution in [-0.4, -0.2) is 19.3 Å². The average molecular weight is 234 g/mol. The van der Waals surface area contributed by atoms with Gasteiger partial charge in [0.1, 0.15) is 5.82 Å². The first-order chi connectivity index (χ1) is 8.22. The minimum Gasteiger partial charge on any atom is -0.381 e. The normalized spacial score (nSPS) is 22.9. The Morgan fingerprint density at radius 2 is 2.29 bits per heavy atom. The summed E-state index contributed by atoms with van der Waals surface area (Å²) in [6.45, 7) is 0.530. The maximum absolute atomic E-state index is 13.1. The molecule has 0 bridgehead atoms. The van der Waals surface area contributed by atoms with Gasteiger partial charge in [-0.1, -0.05) is 0 Å². The molecular weight excluding hydrogens is 219 g/mol. The molecule has 0 saturated heterocycles. The number of halogens is 1. The van der Waals surface area contributed by atoms with Gasteiger partial charge in [0, 0.05) is 19.7 Å². The van der Waals surface area contributed by atoms with Crippen molar-refractivity contribution in [2.24, 2.45) is 0 Å². The lowest BCUT2D eigenvalue weighted by atomic mass is 9.89. The Bertz CT molecular complexity index is 436. The molecule has 0 amide bonds. The van der Waals surface area contributed by atoms with Crippen LogP contribution in [0.25, 0.3) is 0 Å². The highest BCUT2D eigenvalue weighted by atomic mass is 19.1. The number of rotatable bonds is 4. The van der Waals surface area contributed by atoms with Gasteiger partial charge in [0.2, 0.25) is 0 Å². The van der Waals surface area contributed by atoms with Crippen LogP contribution in [0, 0.1) is 17.1 Å². The molecule has 1 aliphatic carbocycles. The monoisotopic (exact) mass is 234 g/mol. The fraction of sp³-hybridized carbons (Fsp3) is 0.462. The third-order valence-corrected chi connectivity index (χ3v) is 3.20. The number of ether oxygens (including phenoxy) is 1. The fourth-order valence-corrected chi connectivity index (χ4v) is 2.00. The highest BCUT2D eigenvalue weighted by Crippen LogP contribution is 2.23. The molecule has 2 rings (SSSR count). The smallest absolute Gasteiger partial charge is 0.123 e. The van der Waals surface area contributed by atoms with E-state index in [9.17, 15) is 4.39 Å². The molecular formula is C13H15FN2O. The van der Waals surface area contributed by atoms with Crippen molar-refractivity contribution < 1.29 is 9.13 Å².